The number of ketones is 1. The zero-order valence-corrected chi connectivity index (χ0v) is 17.0. The molecule has 7 atom stereocenters. The summed E-state index contributed by atoms with van der Waals surface area (Å²) in [6.07, 6.45) is 8.52. The standard InChI is InChI=1S/C23H34O4/c1-4-20(26)27-13-23-10-7-16(24)12-15(23)11-14(2)21-17-5-6-19(25)22(17,3)9-8-18(21)23/h12,14,17-19,21,25H,4-11,13H2,1-3H3/t14?,17-,18+,19?,21-,22-,23+/m0/s1. The Morgan fingerprint density at radius 1 is 1.26 bits per heavy atom. The molecule has 0 saturated heterocycles. The Balaban J connectivity index is 1.72. The van der Waals surface area contributed by atoms with Gasteiger partial charge in [-0.25, -0.2) is 0 Å². The summed E-state index contributed by atoms with van der Waals surface area (Å²) in [5, 5.41) is 10.7. The summed E-state index contributed by atoms with van der Waals surface area (Å²) in [5.74, 6) is 2.13. The van der Waals surface area contributed by atoms with E-state index in [0.29, 0.717) is 43.1 Å². The number of aliphatic hydroxyl groups is 1. The molecule has 0 radical (unpaired) electrons. The van der Waals surface area contributed by atoms with Crippen LogP contribution in [0.15, 0.2) is 11.6 Å². The predicted octanol–water partition coefficient (Wildman–Crippen LogP) is 4.06. The van der Waals surface area contributed by atoms with Gasteiger partial charge in [-0.05, 0) is 73.7 Å². The number of ether oxygens (including phenoxy) is 1. The third-order valence-electron chi connectivity index (χ3n) is 8.76. The molecule has 150 valence electrons. The number of hydrogen-bond acceptors (Lipinski definition) is 4. The largest absolute Gasteiger partial charge is 0.465 e. The van der Waals surface area contributed by atoms with Crippen molar-refractivity contribution in [1.29, 1.82) is 0 Å². The van der Waals surface area contributed by atoms with E-state index in [1.807, 2.05) is 13.0 Å². The van der Waals surface area contributed by atoms with Crippen LogP contribution >= 0.6 is 0 Å². The molecule has 4 aliphatic rings. The van der Waals surface area contributed by atoms with Crippen LogP contribution in [0.25, 0.3) is 0 Å². The Labute approximate surface area is 162 Å². The highest BCUT2D eigenvalue weighted by Crippen LogP contribution is 2.66. The molecule has 3 fully saturated rings. The second-order valence-corrected chi connectivity index (χ2v) is 9.92. The van der Waals surface area contributed by atoms with Crippen molar-refractivity contribution in [2.75, 3.05) is 6.61 Å². The van der Waals surface area contributed by atoms with E-state index < -0.39 is 0 Å². The molecule has 0 bridgehead atoms. The van der Waals surface area contributed by atoms with E-state index >= 15 is 0 Å². The van der Waals surface area contributed by atoms with Gasteiger partial charge in [-0.2, -0.15) is 0 Å². The van der Waals surface area contributed by atoms with Crippen LogP contribution in [0.4, 0.5) is 0 Å². The van der Waals surface area contributed by atoms with Crippen molar-refractivity contribution in [2.24, 2.45) is 34.5 Å². The van der Waals surface area contributed by atoms with Gasteiger partial charge in [-0.3, -0.25) is 9.59 Å². The molecular weight excluding hydrogens is 340 g/mol. The molecule has 4 heteroatoms. The van der Waals surface area contributed by atoms with Crippen LogP contribution in [0.5, 0.6) is 0 Å². The smallest absolute Gasteiger partial charge is 0.305 e. The third-order valence-corrected chi connectivity index (χ3v) is 8.76. The lowest BCUT2D eigenvalue weighted by molar-refractivity contribution is -0.155. The Kier molecular flexibility index (Phi) is 4.77. The lowest BCUT2D eigenvalue weighted by Crippen LogP contribution is -2.56. The van der Waals surface area contributed by atoms with Crippen molar-refractivity contribution in [3.63, 3.8) is 0 Å². The average molecular weight is 375 g/mol. The summed E-state index contributed by atoms with van der Waals surface area (Å²) >= 11 is 0. The molecule has 0 spiro atoms. The Morgan fingerprint density at radius 3 is 2.78 bits per heavy atom. The summed E-state index contributed by atoms with van der Waals surface area (Å²) in [7, 11) is 0. The number of aliphatic hydroxyl groups excluding tert-OH is 1. The molecule has 1 N–H and O–H groups in total. The first-order valence-corrected chi connectivity index (χ1v) is 10.9. The molecule has 2 unspecified atom stereocenters. The van der Waals surface area contributed by atoms with Gasteiger partial charge in [0.2, 0.25) is 0 Å². The lowest BCUT2D eigenvalue weighted by atomic mass is 9.45. The van der Waals surface area contributed by atoms with Gasteiger partial charge in [0.1, 0.15) is 6.61 Å². The topological polar surface area (TPSA) is 63.6 Å². The maximum atomic E-state index is 12.2. The number of carbonyl (C=O) groups excluding carboxylic acids is 2. The van der Waals surface area contributed by atoms with Crippen molar-refractivity contribution in [2.45, 2.75) is 78.2 Å². The van der Waals surface area contributed by atoms with Crippen LogP contribution in [0, 0.1) is 34.5 Å². The van der Waals surface area contributed by atoms with Crippen LogP contribution < -0.4 is 0 Å². The van der Waals surface area contributed by atoms with Crippen molar-refractivity contribution in [3.05, 3.63) is 11.6 Å². The molecule has 0 heterocycles. The van der Waals surface area contributed by atoms with Gasteiger partial charge >= 0.3 is 5.97 Å². The fourth-order valence-electron chi connectivity index (χ4n) is 7.27. The fraction of sp³-hybridized carbons (Fsp3) is 0.826. The highest BCUT2D eigenvalue weighted by Gasteiger charge is 2.62. The SMILES string of the molecule is CCC(=O)OC[C@]12CCC(=O)C=C1CC(C)[C@@H]1[C@H]2CC[C@]2(C)C(O)CC[C@@H]12. The Hall–Kier alpha value is -1.16. The molecule has 4 aliphatic carbocycles. The van der Waals surface area contributed by atoms with Crippen LogP contribution in [0.3, 0.4) is 0 Å². The van der Waals surface area contributed by atoms with E-state index in [-0.39, 0.29) is 28.7 Å². The van der Waals surface area contributed by atoms with Gasteiger partial charge in [-0.15, -0.1) is 0 Å². The third kappa shape index (κ3) is 2.82. The monoisotopic (exact) mass is 374 g/mol. The van der Waals surface area contributed by atoms with Gasteiger partial charge in [0.05, 0.1) is 6.10 Å². The number of carbonyl (C=O) groups is 2. The van der Waals surface area contributed by atoms with Crippen molar-refractivity contribution in [1.82, 2.24) is 0 Å². The van der Waals surface area contributed by atoms with Crippen LogP contribution in [0.2, 0.25) is 0 Å². The molecule has 0 aromatic heterocycles. The molecule has 0 aromatic carbocycles. The average Bonchev–Trinajstić information content (AvgIpc) is 2.95. The van der Waals surface area contributed by atoms with E-state index in [1.54, 1.807) is 0 Å². The van der Waals surface area contributed by atoms with Gasteiger partial charge < -0.3 is 9.84 Å². The van der Waals surface area contributed by atoms with Crippen molar-refractivity contribution >= 4 is 11.8 Å². The van der Waals surface area contributed by atoms with Gasteiger partial charge in [-0.1, -0.05) is 26.3 Å². The first-order chi connectivity index (χ1) is 12.8. The number of rotatable bonds is 3. The maximum Gasteiger partial charge on any atom is 0.305 e. The van der Waals surface area contributed by atoms with E-state index in [0.717, 1.165) is 38.5 Å². The minimum Gasteiger partial charge on any atom is -0.465 e. The second kappa shape index (κ2) is 6.72. The number of hydrogen-bond donors (Lipinski definition) is 1. The van der Waals surface area contributed by atoms with E-state index in [4.69, 9.17) is 4.74 Å². The summed E-state index contributed by atoms with van der Waals surface area (Å²) in [4.78, 5) is 24.1. The van der Waals surface area contributed by atoms with Crippen LogP contribution in [-0.4, -0.2) is 29.6 Å². The summed E-state index contributed by atoms with van der Waals surface area (Å²) in [6.45, 7) is 6.88. The van der Waals surface area contributed by atoms with Crippen LogP contribution in [0.1, 0.15) is 72.1 Å². The molecule has 0 aliphatic heterocycles. The van der Waals surface area contributed by atoms with Crippen molar-refractivity contribution < 1.29 is 19.4 Å². The molecular formula is C23H34O4. The lowest BCUT2D eigenvalue weighted by Gasteiger charge is -2.60. The molecule has 3 saturated carbocycles. The zero-order valence-electron chi connectivity index (χ0n) is 17.0. The zero-order chi connectivity index (χ0) is 19.4. The molecule has 27 heavy (non-hydrogen) atoms. The van der Waals surface area contributed by atoms with Crippen molar-refractivity contribution in [3.8, 4) is 0 Å². The summed E-state index contributed by atoms with van der Waals surface area (Å²) in [6, 6.07) is 0. The summed E-state index contributed by atoms with van der Waals surface area (Å²) < 4.78 is 5.73. The fourth-order valence-corrected chi connectivity index (χ4v) is 7.27. The predicted molar refractivity (Wildman–Crippen MR) is 103 cm³/mol. The molecule has 4 nitrogen and oxygen atoms in total. The van der Waals surface area contributed by atoms with Crippen LogP contribution in [-0.2, 0) is 14.3 Å². The van der Waals surface area contributed by atoms with E-state index in [1.165, 1.54) is 5.57 Å². The Bertz CT molecular complexity index is 667. The summed E-state index contributed by atoms with van der Waals surface area (Å²) in [5.41, 5.74) is 1.10. The maximum absolute atomic E-state index is 12.2. The number of esters is 1. The minimum atomic E-state index is -0.186. The number of fused-ring (bicyclic) bond motifs is 5. The van der Waals surface area contributed by atoms with Gasteiger partial charge in [0, 0.05) is 18.3 Å². The minimum absolute atomic E-state index is 0.0302. The first kappa shape index (κ1) is 19.2. The Morgan fingerprint density at radius 2 is 2.04 bits per heavy atom. The van der Waals surface area contributed by atoms with E-state index in [9.17, 15) is 14.7 Å². The van der Waals surface area contributed by atoms with E-state index in [2.05, 4.69) is 13.8 Å². The first-order valence-electron chi connectivity index (χ1n) is 10.9. The quantitative estimate of drug-likeness (QED) is 0.757. The van der Waals surface area contributed by atoms with Gasteiger partial charge in [0.15, 0.2) is 5.78 Å². The molecule has 0 amide bonds. The molecule has 0 aromatic rings. The highest BCUT2D eigenvalue weighted by molar-refractivity contribution is 5.91. The molecule has 4 rings (SSSR count). The second-order valence-electron chi connectivity index (χ2n) is 9.92. The highest BCUT2D eigenvalue weighted by atomic mass is 16.5. The normalized spacial score (nSPS) is 46.1. The van der Waals surface area contributed by atoms with Gasteiger partial charge in [0.25, 0.3) is 0 Å².